The fourth-order valence-corrected chi connectivity index (χ4v) is 3.73. The van der Waals surface area contributed by atoms with Gasteiger partial charge in [0.2, 0.25) is 5.88 Å². The molecule has 7 heteroatoms. The summed E-state index contributed by atoms with van der Waals surface area (Å²) >= 11 is 1.51. The highest BCUT2D eigenvalue weighted by Gasteiger charge is 2.26. The molecular weight excluding hydrogens is 302 g/mol. The van der Waals surface area contributed by atoms with Crippen LogP contribution in [0.3, 0.4) is 0 Å². The lowest BCUT2D eigenvalue weighted by atomic mass is 10.2. The molecule has 0 spiro atoms. The van der Waals surface area contributed by atoms with Crippen molar-refractivity contribution in [2.24, 2.45) is 0 Å². The van der Waals surface area contributed by atoms with E-state index in [9.17, 15) is 15.2 Å². The Morgan fingerprint density at radius 2 is 2.00 bits per heavy atom. The highest BCUT2D eigenvalue weighted by Crippen LogP contribution is 2.42. The lowest BCUT2D eigenvalue weighted by Gasteiger charge is -2.21. The zero-order valence-corrected chi connectivity index (χ0v) is 12.2. The third kappa shape index (κ3) is 1.82. The van der Waals surface area contributed by atoms with Crippen molar-refractivity contribution in [2.45, 2.75) is 4.90 Å². The van der Waals surface area contributed by atoms with Crippen molar-refractivity contribution in [2.75, 3.05) is 10.9 Å². The molecule has 0 aliphatic carbocycles. The minimum absolute atomic E-state index is 0.0784. The molecule has 6 nitrogen and oxygen atoms in total. The van der Waals surface area contributed by atoms with E-state index in [0.717, 1.165) is 21.5 Å². The van der Waals surface area contributed by atoms with Crippen molar-refractivity contribution in [3.63, 3.8) is 0 Å². The number of non-ortho nitro benzene ring substituents is 1. The zero-order chi connectivity index (χ0) is 15.3. The van der Waals surface area contributed by atoms with Crippen LogP contribution in [0.15, 0.2) is 53.4 Å². The van der Waals surface area contributed by atoms with Gasteiger partial charge in [-0.3, -0.25) is 15.1 Å². The van der Waals surface area contributed by atoms with Crippen molar-refractivity contribution < 1.29 is 10.0 Å². The molecule has 22 heavy (non-hydrogen) atoms. The van der Waals surface area contributed by atoms with Crippen LogP contribution in [0.5, 0.6) is 5.88 Å². The van der Waals surface area contributed by atoms with Crippen molar-refractivity contribution in [3.05, 3.63) is 58.6 Å². The molecule has 0 saturated heterocycles. The molecule has 1 aliphatic rings. The highest BCUT2D eigenvalue weighted by atomic mass is 32.2. The van der Waals surface area contributed by atoms with E-state index >= 15 is 0 Å². The Morgan fingerprint density at radius 1 is 1.18 bits per heavy atom. The largest absolute Gasteiger partial charge is 0.493 e. The molecule has 1 aromatic heterocycles. The molecule has 0 radical (unpaired) electrons. The van der Waals surface area contributed by atoms with Gasteiger partial charge >= 0.3 is 0 Å². The molecule has 0 atom stereocenters. The molecule has 1 aliphatic heterocycles. The fourth-order valence-electron chi connectivity index (χ4n) is 2.69. The highest BCUT2D eigenvalue weighted by molar-refractivity contribution is 7.99. The first kappa shape index (κ1) is 13.0. The molecule has 0 fully saturated rings. The van der Waals surface area contributed by atoms with Gasteiger partial charge < -0.3 is 5.11 Å². The van der Waals surface area contributed by atoms with Crippen LogP contribution in [0.1, 0.15) is 0 Å². The van der Waals surface area contributed by atoms with E-state index in [2.05, 4.69) is 0 Å². The third-order valence-electron chi connectivity index (χ3n) is 3.68. The second kappa shape index (κ2) is 4.67. The molecule has 0 bridgehead atoms. The Balaban J connectivity index is 1.86. The molecule has 2 heterocycles. The van der Waals surface area contributed by atoms with Gasteiger partial charge in [-0.05, 0) is 12.1 Å². The van der Waals surface area contributed by atoms with Gasteiger partial charge in [-0.15, -0.1) is 0 Å². The minimum Gasteiger partial charge on any atom is -0.493 e. The van der Waals surface area contributed by atoms with Crippen molar-refractivity contribution in [1.82, 2.24) is 4.68 Å². The summed E-state index contributed by atoms with van der Waals surface area (Å²) in [7, 11) is 0. The maximum Gasteiger partial charge on any atom is 0.270 e. The van der Waals surface area contributed by atoms with Gasteiger partial charge in [-0.2, -0.15) is 0 Å². The number of thioether (sulfide) groups is 1. The van der Waals surface area contributed by atoms with E-state index in [1.54, 1.807) is 22.9 Å². The van der Waals surface area contributed by atoms with E-state index in [0.29, 0.717) is 5.88 Å². The Morgan fingerprint density at radius 3 is 2.82 bits per heavy atom. The molecule has 4 rings (SSSR count). The number of para-hydroxylation sites is 1. The second-order valence-electron chi connectivity index (χ2n) is 4.96. The van der Waals surface area contributed by atoms with E-state index in [1.807, 2.05) is 29.3 Å². The number of fused-ring (bicyclic) bond motifs is 2. The normalized spacial score (nSPS) is 13.5. The van der Waals surface area contributed by atoms with Crippen LogP contribution < -0.4 is 5.01 Å². The topological polar surface area (TPSA) is 71.5 Å². The first-order valence-electron chi connectivity index (χ1n) is 6.63. The zero-order valence-electron chi connectivity index (χ0n) is 11.3. The molecule has 2 aromatic carbocycles. The molecule has 0 saturated carbocycles. The predicted octanol–water partition coefficient (Wildman–Crippen LogP) is 3.59. The molecule has 0 amide bonds. The number of hydrogen-bond acceptors (Lipinski definition) is 5. The number of aromatic hydroxyl groups is 1. The maximum atomic E-state index is 10.9. The molecule has 1 N–H and O–H groups in total. The average molecular weight is 313 g/mol. The standard InChI is InChI=1S/C15H11N3O3S/c19-15-7-10-3-1-2-4-12(10)17(15)16-9-22-14-8-11(18(20)21)5-6-13(14)16/h1-8,19H,9H2. The maximum absolute atomic E-state index is 10.9. The van der Waals surface area contributed by atoms with Gasteiger partial charge in [-0.25, -0.2) is 4.68 Å². The van der Waals surface area contributed by atoms with Crippen LogP contribution in [0.25, 0.3) is 10.9 Å². The Hall–Kier alpha value is -2.67. The number of nitrogens with zero attached hydrogens (tertiary/aromatic N) is 3. The van der Waals surface area contributed by atoms with Crippen LogP contribution in [-0.2, 0) is 0 Å². The van der Waals surface area contributed by atoms with E-state index in [-0.39, 0.29) is 11.6 Å². The van der Waals surface area contributed by atoms with Crippen LogP contribution in [-0.4, -0.2) is 20.6 Å². The monoisotopic (exact) mass is 313 g/mol. The third-order valence-corrected chi connectivity index (χ3v) is 4.69. The summed E-state index contributed by atoms with van der Waals surface area (Å²) in [5, 5.41) is 24.0. The summed E-state index contributed by atoms with van der Waals surface area (Å²) in [6, 6.07) is 14.2. The number of rotatable bonds is 2. The van der Waals surface area contributed by atoms with Gasteiger partial charge in [0, 0.05) is 28.5 Å². The van der Waals surface area contributed by atoms with Gasteiger partial charge in [0.25, 0.3) is 5.69 Å². The first-order chi connectivity index (χ1) is 10.6. The first-order valence-corrected chi connectivity index (χ1v) is 7.62. The van der Waals surface area contributed by atoms with Gasteiger partial charge in [0.15, 0.2) is 0 Å². The molecule has 0 unspecified atom stereocenters. The van der Waals surface area contributed by atoms with Crippen molar-refractivity contribution >= 4 is 34.0 Å². The van der Waals surface area contributed by atoms with Gasteiger partial charge in [0.05, 0.1) is 22.0 Å². The summed E-state index contributed by atoms with van der Waals surface area (Å²) in [5.74, 6) is 0.732. The minimum atomic E-state index is -0.397. The number of anilines is 1. The number of aromatic nitrogens is 1. The van der Waals surface area contributed by atoms with Crippen LogP contribution in [0.4, 0.5) is 11.4 Å². The SMILES string of the molecule is O=[N+]([O-])c1ccc2c(c1)SCN2n1c(O)cc2ccccc21. The fraction of sp³-hybridized carbons (Fsp3) is 0.0667. The molecular formula is C15H11N3O3S. The Labute approximate surface area is 129 Å². The Bertz CT molecular complexity index is 906. The number of benzene rings is 2. The lowest BCUT2D eigenvalue weighted by molar-refractivity contribution is -0.385. The summed E-state index contributed by atoms with van der Waals surface area (Å²) in [5.41, 5.74) is 1.83. The lowest BCUT2D eigenvalue weighted by Crippen LogP contribution is -2.25. The van der Waals surface area contributed by atoms with Gasteiger partial charge in [-0.1, -0.05) is 30.0 Å². The smallest absolute Gasteiger partial charge is 0.270 e. The Kier molecular flexibility index (Phi) is 2.77. The van der Waals surface area contributed by atoms with E-state index in [4.69, 9.17) is 0 Å². The number of nitro groups is 1. The quantitative estimate of drug-likeness (QED) is 0.578. The molecule has 110 valence electrons. The van der Waals surface area contributed by atoms with Crippen LogP contribution in [0, 0.1) is 10.1 Å². The van der Waals surface area contributed by atoms with Gasteiger partial charge in [0.1, 0.15) is 0 Å². The molecule has 3 aromatic rings. The summed E-state index contributed by atoms with van der Waals surface area (Å²) in [4.78, 5) is 11.3. The summed E-state index contributed by atoms with van der Waals surface area (Å²) in [6.07, 6.45) is 0. The van der Waals surface area contributed by atoms with Crippen LogP contribution >= 0.6 is 11.8 Å². The number of hydrogen-bond donors (Lipinski definition) is 1. The summed E-state index contributed by atoms with van der Waals surface area (Å²) in [6.45, 7) is 0. The van der Waals surface area contributed by atoms with E-state index in [1.165, 1.54) is 17.8 Å². The second-order valence-corrected chi connectivity index (χ2v) is 5.94. The predicted molar refractivity (Wildman–Crippen MR) is 85.3 cm³/mol. The van der Waals surface area contributed by atoms with Crippen LogP contribution in [0.2, 0.25) is 0 Å². The van der Waals surface area contributed by atoms with Crippen molar-refractivity contribution in [1.29, 1.82) is 0 Å². The van der Waals surface area contributed by atoms with Crippen molar-refractivity contribution in [3.8, 4) is 5.88 Å². The number of nitro benzene ring substituents is 1. The summed E-state index contributed by atoms with van der Waals surface area (Å²) < 4.78 is 1.74. The average Bonchev–Trinajstić information content (AvgIpc) is 3.06. The van der Waals surface area contributed by atoms with E-state index < -0.39 is 4.92 Å².